The lowest BCUT2D eigenvalue weighted by Gasteiger charge is -2.27. The van der Waals surface area contributed by atoms with Gasteiger partial charge in [-0.3, -0.25) is 0 Å². The van der Waals surface area contributed by atoms with Crippen molar-refractivity contribution in [2.75, 3.05) is 25.1 Å². The fourth-order valence-corrected chi connectivity index (χ4v) is 3.51. The SMILES string of the molecule is COc1ccc2[nH]cc(C3=CCN(c4cc(Cl)nc(C)n4)CC3)c2c1. The molecule has 0 bridgehead atoms. The summed E-state index contributed by atoms with van der Waals surface area (Å²) < 4.78 is 5.36. The molecule has 1 N–H and O–H groups in total. The lowest BCUT2D eigenvalue weighted by Crippen LogP contribution is -2.29. The summed E-state index contributed by atoms with van der Waals surface area (Å²) in [5.74, 6) is 2.45. The molecule has 0 atom stereocenters. The molecule has 1 aromatic carbocycles. The van der Waals surface area contributed by atoms with E-state index in [-0.39, 0.29) is 0 Å². The molecule has 25 heavy (non-hydrogen) atoms. The molecule has 0 aliphatic carbocycles. The third kappa shape index (κ3) is 3.07. The summed E-state index contributed by atoms with van der Waals surface area (Å²) in [6, 6.07) is 7.94. The summed E-state index contributed by atoms with van der Waals surface area (Å²) in [5, 5.41) is 1.68. The van der Waals surface area contributed by atoms with Crippen molar-refractivity contribution in [3.05, 3.63) is 53.1 Å². The number of methoxy groups -OCH3 is 1. The van der Waals surface area contributed by atoms with Gasteiger partial charge in [0.15, 0.2) is 0 Å². The van der Waals surface area contributed by atoms with Crippen LogP contribution < -0.4 is 9.64 Å². The molecule has 5 nitrogen and oxygen atoms in total. The van der Waals surface area contributed by atoms with Gasteiger partial charge >= 0.3 is 0 Å². The summed E-state index contributed by atoms with van der Waals surface area (Å²) in [7, 11) is 1.69. The van der Waals surface area contributed by atoms with Gasteiger partial charge in [0, 0.05) is 41.8 Å². The zero-order valence-electron chi connectivity index (χ0n) is 14.2. The number of hydrogen-bond acceptors (Lipinski definition) is 4. The average Bonchev–Trinajstić information content (AvgIpc) is 3.04. The van der Waals surface area contributed by atoms with E-state index < -0.39 is 0 Å². The van der Waals surface area contributed by atoms with E-state index in [1.54, 1.807) is 7.11 Å². The molecule has 3 aromatic rings. The highest BCUT2D eigenvalue weighted by molar-refractivity contribution is 6.29. The second kappa shape index (κ2) is 6.41. The van der Waals surface area contributed by atoms with Gasteiger partial charge in [0.1, 0.15) is 22.5 Å². The van der Waals surface area contributed by atoms with Gasteiger partial charge in [-0.1, -0.05) is 17.7 Å². The van der Waals surface area contributed by atoms with E-state index in [2.05, 4.69) is 44.3 Å². The minimum atomic E-state index is 0.487. The summed E-state index contributed by atoms with van der Waals surface area (Å²) in [6.45, 7) is 3.56. The van der Waals surface area contributed by atoms with Gasteiger partial charge in [-0.2, -0.15) is 0 Å². The van der Waals surface area contributed by atoms with Gasteiger partial charge in [0.05, 0.1) is 7.11 Å². The number of nitrogens with zero attached hydrogens (tertiary/aromatic N) is 3. The smallest absolute Gasteiger partial charge is 0.134 e. The van der Waals surface area contributed by atoms with Gasteiger partial charge in [-0.25, -0.2) is 9.97 Å². The molecule has 4 rings (SSSR count). The highest BCUT2D eigenvalue weighted by Gasteiger charge is 2.17. The Morgan fingerprint density at radius 1 is 1.24 bits per heavy atom. The molecule has 0 unspecified atom stereocenters. The van der Waals surface area contributed by atoms with E-state index in [1.807, 2.05) is 19.1 Å². The first-order valence-electron chi connectivity index (χ1n) is 8.25. The van der Waals surface area contributed by atoms with Crippen LogP contribution in [0.1, 0.15) is 17.8 Å². The minimum absolute atomic E-state index is 0.487. The number of benzene rings is 1. The van der Waals surface area contributed by atoms with Crippen LogP contribution in [0.15, 0.2) is 36.5 Å². The normalized spacial score (nSPS) is 14.7. The monoisotopic (exact) mass is 354 g/mol. The fraction of sp³-hybridized carbons (Fsp3) is 0.263. The summed E-state index contributed by atoms with van der Waals surface area (Å²) in [5.41, 5.74) is 3.70. The van der Waals surface area contributed by atoms with Crippen LogP contribution in [-0.4, -0.2) is 35.2 Å². The van der Waals surface area contributed by atoms with E-state index in [4.69, 9.17) is 16.3 Å². The number of halogens is 1. The first kappa shape index (κ1) is 16.0. The number of nitrogens with one attached hydrogen (secondary N) is 1. The topological polar surface area (TPSA) is 54.0 Å². The largest absolute Gasteiger partial charge is 0.497 e. The van der Waals surface area contributed by atoms with Crippen LogP contribution in [0.25, 0.3) is 16.5 Å². The number of fused-ring (bicyclic) bond motifs is 1. The maximum atomic E-state index is 6.06. The molecule has 128 valence electrons. The zero-order valence-corrected chi connectivity index (χ0v) is 15.0. The number of anilines is 1. The maximum Gasteiger partial charge on any atom is 0.134 e. The first-order valence-corrected chi connectivity index (χ1v) is 8.62. The van der Waals surface area contributed by atoms with Crippen LogP contribution in [0.3, 0.4) is 0 Å². The number of aryl methyl sites for hydroxylation is 1. The van der Waals surface area contributed by atoms with Crippen molar-refractivity contribution in [3.8, 4) is 5.75 Å². The van der Waals surface area contributed by atoms with Crippen LogP contribution >= 0.6 is 11.6 Å². The quantitative estimate of drug-likeness (QED) is 0.715. The number of hydrogen-bond donors (Lipinski definition) is 1. The Labute approximate surface area is 151 Å². The standard InChI is InChI=1S/C19H19ClN4O/c1-12-22-18(20)10-19(23-12)24-7-5-13(6-8-24)16-11-21-17-4-3-14(25-2)9-15(16)17/h3-5,9-11,21H,6-8H2,1-2H3. The highest BCUT2D eigenvalue weighted by Crippen LogP contribution is 2.32. The molecule has 1 aliphatic heterocycles. The molecule has 6 heteroatoms. The third-order valence-corrected chi connectivity index (χ3v) is 4.75. The highest BCUT2D eigenvalue weighted by atomic mass is 35.5. The molecular formula is C19H19ClN4O. The van der Waals surface area contributed by atoms with Crippen molar-refractivity contribution in [3.63, 3.8) is 0 Å². The lowest BCUT2D eigenvalue weighted by atomic mass is 9.99. The molecule has 1 aliphatic rings. The maximum absolute atomic E-state index is 6.06. The molecular weight excluding hydrogens is 336 g/mol. The van der Waals surface area contributed by atoms with Crippen molar-refractivity contribution in [1.82, 2.24) is 15.0 Å². The van der Waals surface area contributed by atoms with Crippen LogP contribution in [0.2, 0.25) is 5.15 Å². The third-order valence-electron chi connectivity index (χ3n) is 4.56. The molecule has 0 saturated carbocycles. The minimum Gasteiger partial charge on any atom is -0.497 e. The van der Waals surface area contributed by atoms with Crippen molar-refractivity contribution < 1.29 is 4.74 Å². The Hall–Kier alpha value is -2.53. The number of rotatable bonds is 3. The van der Waals surface area contributed by atoms with Gasteiger partial charge in [-0.15, -0.1) is 0 Å². The van der Waals surface area contributed by atoms with Gasteiger partial charge in [0.2, 0.25) is 0 Å². The number of aromatic nitrogens is 3. The van der Waals surface area contributed by atoms with Crippen LogP contribution in [-0.2, 0) is 0 Å². The Bertz CT molecular complexity index is 943. The second-order valence-corrected chi connectivity index (χ2v) is 6.52. The number of H-pyrrole nitrogens is 1. The fourth-order valence-electron chi connectivity index (χ4n) is 3.29. The molecule has 0 saturated heterocycles. The number of aromatic amines is 1. The van der Waals surface area contributed by atoms with Gasteiger partial charge in [-0.05, 0) is 37.1 Å². The Morgan fingerprint density at radius 2 is 2.12 bits per heavy atom. The van der Waals surface area contributed by atoms with Crippen LogP contribution in [0.4, 0.5) is 5.82 Å². The molecule has 0 spiro atoms. The van der Waals surface area contributed by atoms with Crippen LogP contribution in [0.5, 0.6) is 5.75 Å². The van der Waals surface area contributed by atoms with Crippen molar-refractivity contribution >= 4 is 33.9 Å². The Morgan fingerprint density at radius 3 is 2.84 bits per heavy atom. The van der Waals surface area contributed by atoms with E-state index in [0.717, 1.165) is 36.6 Å². The van der Waals surface area contributed by atoms with Crippen molar-refractivity contribution in [1.29, 1.82) is 0 Å². The summed E-state index contributed by atoms with van der Waals surface area (Å²) >= 11 is 6.06. The van der Waals surface area contributed by atoms with E-state index in [1.165, 1.54) is 16.5 Å². The molecule has 0 radical (unpaired) electrons. The predicted molar refractivity (Wildman–Crippen MR) is 101 cm³/mol. The first-order chi connectivity index (χ1) is 12.1. The van der Waals surface area contributed by atoms with Crippen molar-refractivity contribution in [2.45, 2.75) is 13.3 Å². The molecule has 2 aromatic heterocycles. The van der Waals surface area contributed by atoms with Crippen LogP contribution in [0, 0.1) is 6.92 Å². The zero-order chi connectivity index (χ0) is 17.4. The van der Waals surface area contributed by atoms with E-state index in [0.29, 0.717) is 11.0 Å². The predicted octanol–water partition coefficient (Wildman–Crippen LogP) is 4.22. The lowest BCUT2D eigenvalue weighted by molar-refractivity contribution is 0.415. The van der Waals surface area contributed by atoms with Crippen molar-refractivity contribution in [2.24, 2.45) is 0 Å². The second-order valence-electron chi connectivity index (χ2n) is 6.14. The van der Waals surface area contributed by atoms with E-state index >= 15 is 0 Å². The van der Waals surface area contributed by atoms with E-state index in [9.17, 15) is 0 Å². The van der Waals surface area contributed by atoms with Gasteiger partial charge in [0.25, 0.3) is 0 Å². The molecule has 0 fully saturated rings. The Kier molecular flexibility index (Phi) is 4.09. The average molecular weight is 355 g/mol. The molecule has 3 heterocycles. The molecule has 0 amide bonds. The number of ether oxygens (including phenoxy) is 1. The summed E-state index contributed by atoms with van der Waals surface area (Å²) in [6.07, 6.45) is 5.29. The summed E-state index contributed by atoms with van der Waals surface area (Å²) in [4.78, 5) is 14.2. The Balaban J connectivity index is 1.62. The van der Waals surface area contributed by atoms with Gasteiger partial charge < -0.3 is 14.6 Å².